The van der Waals surface area contributed by atoms with Crippen molar-refractivity contribution in [3.8, 4) is 0 Å². The highest BCUT2D eigenvalue weighted by atomic mass is 16.3. The van der Waals surface area contributed by atoms with Gasteiger partial charge in [0.2, 0.25) is 0 Å². The summed E-state index contributed by atoms with van der Waals surface area (Å²) < 4.78 is 0. The lowest BCUT2D eigenvalue weighted by Gasteiger charge is -2.37. The van der Waals surface area contributed by atoms with Crippen molar-refractivity contribution in [3.05, 3.63) is 35.4 Å². The van der Waals surface area contributed by atoms with Crippen molar-refractivity contribution in [1.82, 2.24) is 4.90 Å². The Bertz CT molecular complexity index is 448. The molecule has 3 nitrogen and oxygen atoms in total. The molecule has 3 unspecified atom stereocenters. The van der Waals surface area contributed by atoms with Gasteiger partial charge in [0, 0.05) is 18.6 Å². The van der Waals surface area contributed by atoms with Gasteiger partial charge in [0.25, 0.3) is 0 Å². The van der Waals surface area contributed by atoms with Crippen LogP contribution in [0.3, 0.4) is 0 Å². The zero-order valence-electron chi connectivity index (χ0n) is 12.2. The van der Waals surface area contributed by atoms with Crippen LogP contribution in [0.1, 0.15) is 49.3 Å². The first-order chi connectivity index (χ1) is 9.65. The highest BCUT2D eigenvalue weighted by molar-refractivity contribution is 5.27. The number of aryl methyl sites for hydroxylation is 1. The van der Waals surface area contributed by atoms with Gasteiger partial charge in [-0.15, -0.1) is 0 Å². The van der Waals surface area contributed by atoms with E-state index in [1.807, 2.05) is 18.2 Å². The maximum absolute atomic E-state index is 10.4. The number of hydrogen-bond donors (Lipinski definition) is 2. The number of rotatable bonds is 4. The first kappa shape index (κ1) is 14.1. The van der Waals surface area contributed by atoms with Crippen molar-refractivity contribution >= 4 is 0 Å². The van der Waals surface area contributed by atoms with E-state index in [1.165, 1.54) is 12.8 Å². The minimum Gasteiger partial charge on any atom is -0.393 e. The van der Waals surface area contributed by atoms with Gasteiger partial charge in [-0.05, 0) is 50.2 Å². The van der Waals surface area contributed by atoms with E-state index in [2.05, 4.69) is 17.9 Å². The van der Waals surface area contributed by atoms with Crippen molar-refractivity contribution in [2.45, 2.75) is 63.3 Å². The van der Waals surface area contributed by atoms with Crippen molar-refractivity contribution in [3.63, 3.8) is 0 Å². The Kier molecular flexibility index (Phi) is 4.11. The molecule has 3 heteroatoms. The molecule has 20 heavy (non-hydrogen) atoms. The molecule has 2 aliphatic heterocycles. The zero-order chi connectivity index (χ0) is 14.1. The highest BCUT2D eigenvalue weighted by Crippen LogP contribution is 2.36. The van der Waals surface area contributed by atoms with Gasteiger partial charge in [-0.25, -0.2) is 0 Å². The molecule has 3 atom stereocenters. The van der Waals surface area contributed by atoms with E-state index < -0.39 is 0 Å². The molecular weight excluding hydrogens is 250 g/mol. The fourth-order valence-corrected chi connectivity index (χ4v) is 4.00. The number of nitrogens with zero attached hydrogens (tertiary/aromatic N) is 1. The molecule has 0 saturated carbocycles. The van der Waals surface area contributed by atoms with Gasteiger partial charge < -0.3 is 10.2 Å². The minimum atomic E-state index is -0.373. The van der Waals surface area contributed by atoms with Crippen molar-refractivity contribution in [1.29, 1.82) is 0 Å². The second-order valence-corrected chi connectivity index (χ2v) is 6.41. The molecule has 2 heterocycles. The Labute approximate surface area is 121 Å². The summed E-state index contributed by atoms with van der Waals surface area (Å²) in [4.78, 5) is 2.52. The van der Waals surface area contributed by atoms with Crippen LogP contribution in [0.15, 0.2) is 24.3 Å². The molecule has 2 saturated heterocycles. The van der Waals surface area contributed by atoms with Gasteiger partial charge >= 0.3 is 0 Å². The molecule has 0 aliphatic carbocycles. The van der Waals surface area contributed by atoms with Gasteiger partial charge in [-0.1, -0.05) is 24.3 Å². The second kappa shape index (κ2) is 5.84. The smallest absolute Gasteiger partial charge is 0.0804 e. The number of aliphatic hydroxyl groups excluding tert-OH is 2. The molecule has 0 aromatic heterocycles. The summed E-state index contributed by atoms with van der Waals surface area (Å²) in [6.07, 6.45) is 4.55. The molecule has 1 aromatic rings. The Morgan fingerprint density at radius 2 is 1.85 bits per heavy atom. The lowest BCUT2D eigenvalue weighted by atomic mass is 9.97. The minimum absolute atomic E-state index is 0.106. The Balaban J connectivity index is 1.59. The van der Waals surface area contributed by atoms with Crippen LogP contribution in [-0.4, -0.2) is 39.8 Å². The largest absolute Gasteiger partial charge is 0.393 e. The van der Waals surface area contributed by atoms with E-state index in [4.69, 9.17) is 0 Å². The number of piperidine rings is 1. The van der Waals surface area contributed by atoms with Crippen LogP contribution in [0.25, 0.3) is 0 Å². The molecule has 110 valence electrons. The molecular formula is C17H25NO2. The third-order valence-electron chi connectivity index (χ3n) is 5.07. The summed E-state index contributed by atoms with van der Waals surface area (Å²) in [6, 6.07) is 9.15. The first-order valence-corrected chi connectivity index (χ1v) is 7.82. The first-order valence-electron chi connectivity index (χ1n) is 7.82. The highest BCUT2D eigenvalue weighted by Gasteiger charge is 2.39. The Hall–Kier alpha value is -0.900. The lowest BCUT2D eigenvalue weighted by molar-refractivity contribution is 0.0266. The van der Waals surface area contributed by atoms with Gasteiger partial charge in [0.05, 0.1) is 12.2 Å². The van der Waals surface area contributed by atoms with Crippen LogP contribution < -0.4 is 0 Å². The molecule has 0 radical (unpaired) electrons. The van der Waals surface area contributed by atoms with Gasteiger partial charge in [0.15, 0.2) is 0 Å². The third kappa shape index (κ3) is 2.76. The van der Waals surface area contributed by atoms with Crippen LogP contribution in [0.4, 0.5) is 0 Å². The molecule has 2 aliphatic rings. The number of hydrogen-bond acceptors (Lipinski definition) is 3. The third-order valence-corrected chi connectivity index (χ3v) is 5.07. The summed E-state index contributed by atoms with van der Waals surface area (Å²) in [5.41, 5.74) is 2.22. The van der Waals surface area contributed by atoms with E-state index in [0.29, 0.717) is 12.1 Å². The fourth-order valence-electron chi connectivity index (χ4n) is 4.00. The summed E-state index contributed by atoms with van der Waals surface area (Å²) in [6.45, 7) is 3.00. The number of aliphatic hydroxyl groups is 2. The summed E-state index contributed by atoms with van der Waals surface area (Å²) in [5, 5.41) is 20.2. The molecule has 2 bridgehead atoms. The SMILES string of the molecule is Cc1ccccc1C(O)CCN1C2CCC1CC(O)C2. The summed E-state index contributed by atoms with van der Waals surface area (Å²) in [5.74, 6) is 0. The molecule has 2 N–H and O–H groups in total. The van der Waals surface area contributed by atoms with E-state index in [1.54, 1.807) is 0 Å². The lowest BCUT2D eigenvalue weighted by Crippen LogP contribution is -2.45. The second-order valence-electron chi connectivity index (χ2n) is 6.41. The molecule has 1 aromatic carbocycles. The van der Waals surface area contributed by atoms with Crippen LogP contribution in [-0.2, 0) is 0 Å². The quantitative estimate of drug-likeness (QED) is 0.887. The Morgan fingerprint density at radius 1 is 1.20 bits per heavy atom. The van der Waals surface area contributed by atoms with Gasteiger partial charge in [-0.2, -0.15) is 0 Å². The van der Waals surface area contributed by atoms with Crippen molar-refractivity contribution < 1.29 is 10.2 Å². The topological polar surface area (TPSA) is 43.7 Å². The predicted molar refractivity (Wildman–Crippen MR) is 79.5 cm³/mol. The van der Waals surface area contributed by atoms with Gasteiger partial charge in [-0.3, -0.25) is 4.90 Å². The number of benzene rings is 1. The van der Waals surface area contributed by atoms with Gasteiger partial charge in [0.1, 0.15) is 0 Å². The predicted octanol–water partition coefficient (Wildman–Crippen LogP) is 2.41. The van der Waals surface area contributed by atoms with E-state index in [9.17, 15) is 10.2 Å². The maximum Gasteiger partial charge on any atom is 0.0804 e. The van der Waals surface area contributed by atoms with Crippen LogP contribution >= 0.6 is 0 Å². The normalized spacial score (nSPS) is 31.4. The monoisotopic (exact) mass is 275 g/mol. The summed E-state index contributed by atoms with van der Waals surface area (Å²) >= 11 is 0. The molecule has 0 spiro atoms. The van der Waals surface area contributed by atoms with Crippen molar-refractivity contribution in [2.75, 3.05) is 6.54 Å². The van der Waals surface area contributed by atoms with Crippen LogP contribution in [0.5, 0.6) is 0 Å². The summed E-state index contributed by atoms with van der Waals surface area (Å²) in [7, 11) is 0. The van der Waals surface area contributed by atoms with E-state index in [-0.39, 0.29) is 12.2 Å². The van der Waals surface area contributed by atoms with E-state index in [0.717, 1.165) is 36.9 Å². The molecule has 0 amide bonds. The van der Waals surface area contributed by atoms with Crippen LogP contribution in [0.2, 0.25) is 0 Å². The average Bonchev–Trinajstić information content (AvgIpc) is 2.67. The van der Waals surface area contributed by atoms with Crippen LogP contribution in [0, 0.1) is 6.92 Å². The maximum atomic E-state index is 10.4. The van der Waals surface area contributed by atoms with Crippen molar-refractivity contribution in [2.24, 2.45) is 0 Å². The zero-order valence-corrected chi connectivity index (χ0v) is 12.2. The standard InChI is InChI=1S/C17H25NO2/c1-12-4-2-3-5-16(12)17(20)8-9-18-13-6-7-14(18)11-15(19)10-13/h2-5,13-15,17,19-20H,6-11H2,1H3. The average molecular weight is 275 g/mol. The Morgan fingerprint density at radius 3 is 2.50 bits per heavy atom. The van der Waals surface area contributed by atoms with E-state index >= 15 is 0 Å². The molecule has 3 rings (SSSR count). The molecule has 2 fully saturated rings. The fraction of sp³-hybridized carbons (Fsp3) is 0.647. The number of fused-ring (bicyclic) bond motifs is 2.